The van der Waals surface area contributed by atoms with E-state index in [2.05, 4.69) is 32.2 Å². The fourth-order valence-electron chi connectivity index (χ4n) is 2.57. The highest BCUT2D eigenvalue weighted by Gasteiger charge is 2.11. The Morgan fingerprint density at radius 1 is 1.22 bits per heavy atom. The zero-order valence-corrected chi connectivity index (χ0v) is 16.4. The predicted octanol–water partition coefficient (Wildman–Crippen LogP) is 3.57. The minimum absolute atomic E-state index is 0.144. The lowest BCUT2D eigenvalue weighted by atomic mass is 10.2. The Kier molecular flexibility index (Phi) is 5.30. The summed E-state index contributed by atoms with van der Waals surface area (Å²) in [4.78, 5) is 22.0. The second kappa shape index (κ2) is 8.01. The Hall–Kier alpha value is -2.52. The topological polar surface area (TPSA) is 88.8 Å². The third-order valence-corrected chi connectivity index (χ3v) is 5.79. The van der Waals surface area contributed by atoms with E-state index >= 15 is 0 Å². The van der Waals surface area contributed by atoms with Crippen molar-refractivity contribution in [1.29, 1.82) is 0 Å². The van der Waals surface area contributed by atoms with Gasteiger partial charge in [-0.1, -0.05) is 66.8 Å². The molecular formula is C18H18N6OS2. The largest absolute Gasteiger partial charge is 0.275 e. The molecule has 1 N–H and O–H groups in total. The van der Waals surface area contributed by atoms with Crippen LogP contribution in [0.5, 0.6) is 0 Å². The van der Waals surface area contributed by atoms with Crippen molar-refractivity contribution in [1.82, 2.24) is 29.8 Å². The van der Waals surface area contributed by atoms with Crippen LogP contribution < -0.4 is 5.56 Å². The number of aromatic amines is 1. The maximum Gasteiger partial charge on any atom is 0.275 e. The molecule has 0 radical (unpaired) electrons. The van der Waals surface area contributed by atoms with E-state index in [1.165, 1.54) is 33.7 Å². The van der Waals surface area contributed by atoms with E-state index < -0.39 is 0 Å². The van der Waals surface area contributed by atoms with Crippen molar-refractivity contribution < 1.29 is 0 Å². The molecule has 0 amide bonds. The summed E-state index contributed by atoms with van der Waals surface area (Å²) < 4.78 is 1.39. The number of hydrogen-bond acceptors (Lipinski definition) is 7. The van der Waals surface area contributed by atoms with Crippen molar-refractivity contribution in [2.45, 2.75) is 37.1 Å². The molecule has 0 aliphatic heterocycles. The van der Waals surface area contributed by atoms with Crippen LogP contribution in [0.2, 0.25) is 0 Å². The van der Waals surface area contributed by atoms with Crippen LogP contribution in [0.3, 0.4) is 0 Å². The van der Waals surface area contributed by atoms with Gasteiger partial charge in [0.25, 0.3) is 5.56 Å². The smallest absolute Gasteiger partial charge is 0.267 e. The predicted molar refractivity (Wildman–Crippen MR) is 107 cm³/mol. The molecule has 0 bridgehead atoms. The van der Waals surface area contributed by atoms with Crippen molar-refractivity contribution in [3.63, 3.8) is 0 Å². The minimum atomic E-state index is -0.144. The minimum Gasteiger partial charge on any atom is -0.267 e. The molecule has 0 saturated carbocycles. The van der Waals surface area contributed by atoms with E-state index in [1.54, 1.807) is 0 Å². The monoisotopic (exact) mass is 398 g/mol. The molecule has 0 aliphatic carbocycles. The highest BCUT2D eigenvalue weighted by Crippen LogP contribution is 2.22. The summed E-state index contributed by atoms with van der Waals surface area (Å²) >= 11 is 2.93. The molecule has 0 saturated heterocycles. The number of rotatable bonds is 7. The molecule has 9 heteroatoms. The third-order valence-electron chi connectivity index (χ3n) is 3.95. The van der Waals surface area contributed by atoms with E-state index in [9.17, 15) is 4.79 Å². The van der Waals surface area contributed by atoms with Crippen molar-refractivity contribution in [3.8, 4) is 11.4 Å². The average molecular weight is 399 g/mol. The second-order valence-corrected chi connectivity index (χ2v) is 7.98. The number of thioether (sulfide) groups is 1. The van der Waals surface area contributed by atoms with Crippen molar-refractivity contribution in [2.24, 2.45) is 0 Å². The molecule has 4 aromatic rings. The first-order valence-electron chi connectivity index (χ1n) is 8.72. The summed E-state index contributed by atoms with van der Waals surface area (Å²) in [6.45, 7) is 2.14. The van der Waals surface area contributed by atoms with Gasteiger partial charge in [-0.3, -0.25) is 9.89 Å². The van der Waals surface area contributed by atoms with Gasteiger partial charge in [0.1, 0.15) is 5.01 Å². The van der Waals surface area contributed by atoms with Crippen molar-refractivity contribution in [2.75, 3.05) is 0 Å². The summed E-state index contributed by atoms with van der Waals surface area (Å²) in [6.07, 6.45) is 3.04. The van der Waals surface area contributed by atoms with Crippen LogP contribution in [0.1, 0.15) is 30.5 Å². The van der Waals surface area contributed by atoms with Crippen LogP contribution in [0, 0.1) is 0 Å². The van der Waals surface area contributed by atoms with E-state index in [-0.39, 0.29) is 5.56 Å². The standard InChI is InChI=1S/C18H18N6OS2/c1-2-3-9-14-23-24-15(25)10-13(19-18(24)27-14)11-26-17-20-16(21-22-17)12-7-5-4-6-8-12/h4-8,10H,2-3,9,11H2,1H3,(H,20,21,22). The molecule has 4 rings (SSSR count). The van der Waals surface area contributed by atoms with Crippen LogP contribution in [0.4, 0.5) is 0 Å². The van der Waals surface area contributed by atoms with Crippen LogP contribution in [0.15, 0.2) is 46.3 Å². The fraction of sp³-hybridized carbons (Fsp3) is 0.278. The summed E-state index contributed by atoms with van der Waals surface area (Å²) in [5.74, 6) is 1.25. The number of H-pyrrole nitrogens is 1. The molecule has 0 aliphatic rings. The van der Waals surface area contributed by atoms with Crippen LogP contribution in [0.25, 0.3) is 16.3 Å². The lowest BCUT2D eigenvalue weighted by molar-refractivity contribution is 0.761. The molecule has 0 fully saturated rings. The van der Waals surface area contributed by atoms with Gasteiger partial charge in [0.05, 0.1) is 5.69 Å². The third kappa shape index (κ3) is 4.09. The lowest BCUT2D eigenvalue weighted by Gasteiger charge is -1.97. The van der Waals surface area contributed by atoms with E-state index in [4.69, 9.17) is 0 Å². The maximum absolute atomic E-state index is 12.3. The van der Waals surface area contributed by atoms with Crippen LogP contribution in [-0.4, -0.2) is 29.8 Å². The molecule has 138 valence electrons. The molecular weight excluding hydrogens is 380 g/mol. The number of fused-ring (bicyclic) bond motifs is 1. The SMILES string of the molecule is CCCCc1nn2c(=O)cc(CSc3n[nH]c(-c4ccccc4)n3)nc2s1. The molecule has 27 heavy (non-hydrogen) atoms. The number of nitrogens with zero attached hydrogens (tertiary/aromatic N) is 5. The molecule has 0 atom stereocenters. The Bertz CT molecular complexity index is 1100. The Balaban J connectivity index is 1.49. The van der Waals surface area contributed by atoms with Crippen LogP contribution in [-0.2, 0) is 12.2 Å². The first-order chi connectivity index (χ1) is 13.2. The first-order valence-corrected chi connectivity index (χ1v) is 10.5. The van der Waals surface area contributed by atoms with Crippen molar-refractivity contribution >= 4 is 28.1 Å². The van der Waals surface area contributed by atoms with E-state index in [0.29, 0.717) is 21.6 Å². The number of benzene rings is 1. The average Bonchev–Trinajstić information content (AvgIpc) is 3.32. The second-order valence-electron chi connectivity index (χ2n) is 6.00. The first kappa shape index (κ1) is 17.9. The maximum atomic E-state index is 12.3. The van der Waals surface area contributed by atoms with Gasteiger partial charge in [-0.15, -0.1) is 5.10 Å². The molecule has 7 nitrogen and oxygen atoms in total. The van der Waals surface area contributed by atoms with Gasteiger partial charge in [0.2, 0.25) is 10.1 Å². The summed E-state index contributed by atoms with van der Waals surface area (Å²) in [5, 5.41) is 13.1. The van der Waals surface area contributed by atoms with Gasteiger partial charge >= 0.3 is 0 Å². The number of aryl methyl sites for hydroxylation is 1. The van der Waals surface area contributed by atoms with Gasteiger partial charge < -0.3 is 0 Å². The fourth-order valence-corrected chi connectivity index (χ4v) is 4.22. The zero-order chi connectivity index (χ0) is 18.6. The highest BCUT2D eigenvalue weighted by atomic mass is 32.2. The highest BCUT2D eigenvalue weighted by molar-refractivity contribution is 7.98. The summed E-state index contributed by atoms with van der Waals surface area (Å²) in [7, 11) is 0. The molecule has 0 unspecified atom stereocenters. The normalized spacial score (nSPS) is 11.3. The Labute approximate surface area is 163 Å². The van der Waals surface area contributed by atoms with E-state index in [0.717, 1.165) is 35.7 Å². The number of hydrogen-bond donors (Lipinski definition) is 1. The van der Waals surface area contributed by atoms with E-state index in [1.807, 2.05) is 30.3 Å². The number of unbranched alkanes of at least 4 members (excludes halogenated alkanes) is 1. The molecule has 0 spiro atoms. The summed E-state index contributed by atoms with van der Waals surface area (Å²) in [6, 6.07) is 11.4. The van der Waals surface area contributed by atoms with Gasteiger partial charge in [-0.2, -0.15) is 9.61 Å². The Morgan fingerprint density at radius 3 is 2.89 bits per heavy atom. The molecule has 1 aromatic carbocycles. The van der Waals surface area contributed by atoms with Gasteiger partial charge in [-0.05, 0) is 6.42 Å². The zero-order valence-electron chi connectivity index (χ0n) is 14.8. The van der Waals surface area contributed by atoms with Gasteiger partial charge in [-0.25, -0.2) is 9.97 Å². The van der Waals surface area contributed by atoms with Crippen molar-refractivity contribution in [3.05, 3.63) is 57.5 Å². The van der Waals surface area contributed by atoms with Gasteiger partial charge in [0, 0.05) is 23.8 Å². The number of nitrogens with one attached hydrogen (secondary N) is 1. The molecule has 3 aromatic heterocycles. The quantitative estimate of drug-likeness (QED) is 0.479. The van der Waals surface area contributed by atoms with Gasteiger partial charge in [0.15, 0.2) is 5.82 Å². The van der Waals surface area contributed by atoms with Crippen LogP contribution >= 0.6 is 23.1 Å². The summed E-state index contributed by atoms with van der Waals surface area (Å²) in [5.41, 5.74) is 1.55. The molecule has 3 heterocycles. The Morgan fingerprint density at radius 2 is 2.07 bits per heavy atom. The number of aromatic nitrogens is 6. The lowest BCUT2D eigenvalue weighted by Crippen LogP contribution is -2.15.